The number of aromatic nitrogens is 1. The molecule has 1 atom stereocenters. The molecule has 0 saturated heterocycles. The molecule has 0 aromatic carbocycles. The Morgan fingerprint density at radius 1 is 1.05 bits per heavy atom. The predicted octanol–water partition coefficient (Wildman–Crippen LogP) is 3.77. The van der Waals surface area contributed by atoms with E-state index in [2.05, 4.69) is 18.8 Å². The van der Waals surface area contributed by atoms with E-state index >= 15 is 0 Å². The van der Waals surface area contributed by atoms with Gasteiger partial charge in [0.1, 0.15) is 17.5 Å². The van der Waals surface area contributed by atoms with Crippen molar-refractivity contribution in [3.63, 3.8) is 0 Å². The van der Waals surface area contributed by atoms with Gasteiger partial charge in [0.25, 0.3) is 0 Å². The highest BCUT2D eigenvalue weighted by Gasteiger charge is 2.18. The third kappa shape index (κ3) is 5.84. The molecule has 1 rings (SSSR count). The lowest BCUT2D eigenvalue weighted by Gasteiger charge is -2.16. The van der Waals surface area contributed by atoms with Crippen molar-refractivity contribution < 1.29 is 19.1 Å². The summed E-state index contributed by atoms with van der Waals surface area (Å²) >= 11 is 0. The molecule has 0 fully saturated rings. The first-order chi connectivity index (χ1) is 10.6. The zero-order valence-electron chi connectivity index (χ0n) is 13.6. The summed E-state index contributed by atoms with van der Waals surface area (Å²) in [5.74, 6) is -1.02. The van der Waals surface area contributed by atoms with Crippen molar-refractivity contribution in [1.29, 1.82) is 0 Å². The van der Waals surface area contributed by atoms with Crippen LogP contribution in [0.25, 0.3) is 0 Å². The van der Waals surface area contributed by atoms with Gasteiger partial charge in [-0.2, -0.15) is 0 Å². The molecule has 1 heterocycles. The summed E-state index contributed by atoms with van der Waals surface area (Å²) in [6, 6.07) is 4.68. The summed E-state index contributed by atoms with van der Waals surface area (Å²) in [7, 11) is 0. The Labute approximate surface area is 132 Å². The lowest BCUT2D eigenvalue weighted by Crippen LogP contribution is -2.20. The molecule has 122 valence electrons. The molecule has 0 aliphatic rings. The van der Waals surface area contributed by atoms with Crippen LogP contribution in [0.1, 0.15) is 73.9 Å². The number of unbranched alkanes of at least 4 members (excludes halogenated alkanes) is 1. The first kappa shape index (κ1) is 18.1. The van der Waals surface area contributed by atoms with Crippen LogP contribution in [-0.2, 0) is 9.47 Å². The third-order valence-electron chi connectivity index (χ3n) is 3.21. The molecule has 0 saturated carbocycles. The Bertz CT molecular complexity index is 487. The number of rotatable bonds is 9. The van der Waals surface area contributed by atoms with Gasteiger partial charge in [-0.1, -0.05) is 39.2 Å². The van der Waals surface area contributed by atoms with Crippen LogP contribution < -0.4 is 0 Å². The molecule has 1 aromatic rings. The number of esters is 2. The van der Waals surface area contributed by atoms with Crippen LogP contribution in [0.5, 0.6) is 0 Å². The zero-order valence-corrected chi connectivity index (χ0v) is 13.6. The quantitative estimate of drug-likeness (QED) is 0.650. The zero-order chi connectivity index (χ0) is 16.4. The molecule has 1 unspecified atom stereocenters. The molecular formula is C17H25NO4. The van der Waals surface area contributed by atoms with E-state index in [0.717, 1.165) is 32.1 Å². The Kier molecular flexibility index (Phi) is 8.18. The van der Waals surface area contributed by atoms with Crippen molar-refractivity contribution in [2.75, 3.05) is 6.61 Å². The molecule has 22 heavy (non-hydrogen) atoms. The third-order valence-corrected chi connectivity index (χ3v) is 3.21. The monoisotopic (exact) mass is 307 g/mol. The predicted molar refractivity (Wildman–Crippen MR) is 83.8 cm³/mol. The molecule has 0 aliphatic carbocycles. The van der Waals surface area contributed by atoms with Gasteiger partial charge in [0.15, 0.2) is 0 Å². The molecule has 0 bridgehead atoms. The fourth-order valence-electron chi connectivity index (χ4n) is 2.09. The first-order valence-corrected chi connectivity index (χ1v) is 7.97. The number of hydrogen-bond acceptors (Lipinski definition) is 5. The van der Waals surface area contributed by atoms with Gasteiger partial charge in [-0.25, -0.2) is 14.6 Å². The molecule has 0 amide bonds. The maximum absolute atomic E-state index is 12.2. The highest BCUT2D eigenvalue weighted by atomic mass is 16.5. The number of ether oxygens (including phenoxy) is 2. The number of nitrogens with zero attached hydrogens (tertiary/aromatic N) is 1. The minimum Gasteiger partial charge on any atom is -0.461 e. The first-order valence-electron chi connectivity index (χ1n) is 7.97. The van der Waals surface area contributed by atoms with E-state index in [4.69, 9.17) is 9.47 Å². The summed E-state index contributed by atoms with van der Waals surface area (Å²) in [6.07, 6.45) is 4.64. The number of carbonyl (C=O) groups excluding carboxylic acids is 2. The van der Waals surface area contributed by atoms with Gasteiger partial charge in [0.05, 0.1) is 6.61 Å². The average molecular weight is 307 g/mol. The van der Waals surface area contributed by atoms with Crippen molar-refractivity contribution in [2.45, 2.75) is 59.0 Å². The van der Waals surface area contributed by atoms with Crippen molar-refractivity contribution in [2.24, 2.45) is 0 Å². The number of hydrogen-bond donors (Lipinski definition) is 0. The second-order valence-electron chi connectivity index (χ2n) is 5.09. The van der Waals surface area contributed by atoms with E-state index in [0.29, 0.717) is 0 Å². The molecule has 5 nitrogen and oxygen atoms in total. The van der Waals surface area contributed by atoms with Crippen LogP contribution in [0.15, 0.2) is 18.2 Å². The van der Waals surface area contributed by atoms with Gasteiger partial charge in [-0.05, 0) is 31.9 Å². The molecule has 5 heteroatoms. The molecule has 0 spiro atoms. The summed E-state index contributed by atoms with van der Waals surface area (Å²) in [4.78, 5) is 27.9. The Hall–Kier alpha value is -1.91. The normalized spacial score (nSPS) is 11.8. The van der Waals surface area contributed by atoms with Crippen molar-refractivity contribution in [3.8, 4) is 0 Å². The highest BCUT2D eigenvalue weighted by molar-refractivity contribution is 5.91. The van der Waals surface area contributed by atoms with Crippen LogP contribution >= 0.6 is 0 Å². The maximum atomic E-state index is 12.2. The average Bonchev–Trinajstić information content (AvgIpc) is 2.53. The second-order valence-corrected chi connectivity index (χ2v) is 5.09. The summed E-state index contributed by atoms with van der Waals surface area (Å²) in [5, 5.41) is 0. The maximum Gasteiger partial charge on any atom is 0.357 e. The molecular weight excluding hydrogens is 282 g/mol. The Morgan fingerprint density at radius 2 is 1.73 bits per heavy atom. The topological polar surface area (TPSA) is 65.5 Å². The van der Waals surface area contributed by atoms with Gasteiger partial charge in [0, 0.05) is 0 Å². The number of carbonyl (C=O) groups is 2. The van der Waals surface area contributed by atoms with Gasteiger partial charge >= 0.3 is 11.9 Å². The van der Waals surface area contributed by atoms with E-state index in [1.54, 1.807) is 19.1 Å². The largest absolute Gasteiger partial charge is 0.461 e. The molecule has 0 radical (unpaired) electrons. The lowest BCUT2D eigenvalue weighted by molar-refractivity contribution is 0.0247. The number of pyridine rings is 1. The summed E-state index contributed by atoms with van der Waals surface area (Å²) in [6.45, 7) is 6.16. The summed E-state index contributed by atoms with van der Waals surface area (Å²) in [5.41, 5.74) is 0.264. The highest BCUT2D eigenvalue weighted by Crippen LogP contribution is 2.13. The minimum atomic E-state index is -0.534. The van der Waals surface area contributed by atoms with Crippen molar-refractivity contribution >= 4 is 11.9 Å². The van der Waals surface area contributed by atoms with E-state index in [1.165, 1.54) is 6.07 Å². The second kappa shape index (κ2) is 9.92. The van der Waals surface area contributed by atoms with Gasteiger partial charge in [-0.15, -0.1) is 0 Å². The van der Waals surface area contributed by atoms with Crippen molar-refractivity contribution in [3.05, 3.63) is 29.6 Å². The fraction of sp³-hybridized carbons (Fsp3) is 0.588. The van der Waals surface area contributed by atoms with Crippen LogP contribution in [0.2, 0.25) is 0 Å². The van der Waals surface area contributed by atoms with Gasteiger partial charge < -0.3 is 9.47 Å². The van der Waals surface area contributed by atoms with E-state index in [1.807, 2.05) is 0 Å². The summed E-state index contributed by atoms with van der Waals surface area (Å²) < 4.78 is 10.4. The molecule has 1 aromatic heterocycles. The van der Waals surface area contributed by atoms with E-state index in [9.17, 15) is 9.59 Å². The molecule has 0 aliphatic heterocycles. The Balaban J connectivity index is 2.74. The van der Waals surface area contributed by atoms with E-state index in [-0.39, 0.29) is 24.1 Å². The van der Waals surface area contributed by atoms with Crippen LogP contribution in [-0.4, -0.2) is 29.6 Å². The standard InChI is InChI=1S/C17H25NO4/c1-4-7-10-13(9-5-2)22-17(20)15-12-8-11-14(18-15)16(19)21-6-3/h8,11-13H,4-7,9-10H2,1-3H3. The van der Waals surface area contributed by atoms with Gasteiger partial charge in [-0.3, -0.25) is 0 Å². The van der Waals surface area contributed by atoms with Gasteiger partial charge in [0.2, 0.25) is 0 Å². The minimum absolute atomic E-state index is 0.0921. The van der Waals surface area contributed by atoms with E-state index < -0.39 is 11.9 Å². The fourth-order valence-corrected chi connectivity index (χ4v) is 2.09. The Morgan fingerprint density at radius 3 is 2.32 bits per heavy atom. The van der Waals surface area contributed by atoms with Crippen LogP contribution in [0.3, 0.4) is 0 Å². The molecule has 0 N–H and O–H groups in total. The SMILES string of the molecule is CCCCC(CCC)OC(=O)c1cccc(C(=O)OCC)n1. The van der Waals surface area contributed by atoms with Crippen LogP contribution in [0.4, 0.5) is 0 Å². The lowest BCUT2D eigenvalue weighted by atomic mass is 10.1. The smallest absolute Gasteiger partial charge is 0.357 e. The van der Waals surface area contributed by atoms with Crippen molar-refractivity contribution in [1.82, 2.24) is 4.98 Å². The van der Waals surface area contributed by atoms with Crippen LogP contribution in [0, 0.1) is 0 Å².